The molecule has 22 heavy (non-hydrogen) atoms. The van der Waals surface area contributed by atoms with Gasteiger partial charge in [0.15, 0.2) is 5.96 Å². The smallest absolute Gasteiger partial charge is 0.246 e. The molecule has 6 nitrogen and oxygen atoms in total. The minimum Gasteiger partial charge on any atom is -0.380 e. The number of para-hydroxylation sites is 1. The minimum absolute atomic E-state index is 0. The lowest BCUT2D eigenvalue weighted by molar-refractivity contribution is -0.114. The lowest BCUT2D eigenvalue weighted by atomic mass is 10.3. The average Bonchev–Trinajstić information content (AvgIpc) is 2.50. The largest absolute Gasteiger partial charge is 0.380 e. The van der Waals surface area contributed by atoms with E-state index in [0.717, 1.165) is 12.2 Å². The van der Waals surface area contributed by atoms with Gasteiger partial charge in [0.1, 0.15) is 6.54 Å². The number of anilines is 1. The van der Waals surface area contributed by atoms with Gasteiger partial charge in [0.2, 0.25) is 5.91 Å². The van der Waals surface area contributed by atoms with Crippen molar-refractivity contribution in [3.8, 4) is 0 Å². The third-order valence-corrected chi connectivity index (χ3v) is 2.53. The van der Waals surface area contributed by atoms with Gasteiger partial charge in [-0.15, -0.1) is 24.0 Å². The molecule has 1 amide bonds. The molecular weight excluding hydrogens is 395 g/mol. The summed E-state index contributed by atoms with van der Waals surface area (Å²) in [7, 11) is 0. The summed E-state index contributed by atoms with van der Waals surface area (Å²) < 4.78 is 5.24. The van der Waals surface area contributed by atoms with Gasteiger partial charge in [0.25, 0.3) is 0 Å². The standard InChI is InChI=1S/C15H24N4O2.HI/c1-3-16-15(17-10-11-21-4-2)18-12-14(20)19-13-8-6-5-7-9-13;/h5-9H,3-4,10-12H2,1-2H3,(H,19,20)(H2,16,17,18);1H. The highest BCUT2D eigenvalue weighted by Crippen LogP contribution is 2.04. The van der Waals surface area contributed by atoms with Crippen LogP contribution >= 0.6 is 24.0 Å². The summed E-state index contributed by atoms with van der Waals surface area (Å²) >= 11 is 0. The second-order valence-electron chi connectivity index (χ2n) is 4.23. The fourth-order valence-electron chi connectivity index (χ4n) is 1.60. The van der Waals surface area contributed by atoms with Gasteiger partial charge in [-0.05, 0) is 26.0 Å². The number of benzene rings is 1. The summed E-state index contributed by atoms with van der Waals surface area (Å²) in [6.07, 6.45) is 0. The highest BCUT2D eigenvalue weighted by molar-refractivity contribution is 14.0. The van der Waals surface area contributed by atoms with E-state index in [1.807, 2.05) is 44.2 Å². The quantitative estimate of drug-likeness (QED) is 0.260. The number of amides is 1. The van der Waals surface area contributed by atoms with Crippen LogP contribution < -0.4 is 16.0 Å². The maximum Gasteiger partial charge on any atom is 0.246 e. The fourth-order valence-corrected chi connectivity index (χ4v) is 1.60. The summed E-state index contributed by atoms with van der Waals surface area (Å²) in [6.45, 7) is 6.68. The number of rotatable bonds is 8. The average molecular weight is 420 g/mol. The van der Waals surface area contributed by atoms with Crippen LogP contribution in [0.25, 0.3) is 0 Å². The lowest BCUT2D eigenvalue weighted by Gasteiger charge is -2.11. The van der Waals surface area contributed by atoms with Gasteiger partial charge in [0, 0.05) is 25.4 Å². The Bertz CT molecular complexity index is 440. The van der Waals surface area contributed by atoms with Crippen LogP contribution in [0.5, 0.6) is 0 Å². The SMILES string of the molecule is CCNC(=NCC(=O)Nc1ccccc1)NCCOCC.I. The molecular formula is C15H25IN4O2. The number of nitrogens with one attached hydrogen (secondary N) is 3. The molecule has 0 fully saturated rings. The van der Waals surface area contributed by atoms with Crippen LogP contribution in [0.1, 0.15) is 13.8 Å². The monoisotopic (exact) mass is 420 g/mol. The van der Waals surface area contributed by atoms with Gasteiger partial charge in [-0.2, -0.15) is 0 Å². The molecule has 3 N–H and O–H groups in total. The van der Waals surface area contributed by atoms with E-state index in [1.165, 1.54) is 0 Å². The maximum atomic E-state index is 11.8. The van der Waals surface area contributed by atoms with Crippen molar-refractivity contribution in [1.29, 1.82) is 0 Å². The van der Waals surface area contributed by atoms with E-state index in [9.17, 15) is 4.79 Å². The lowest BCUT2D eigenvalue weighted by Crippen LogP contribution is -2.39. The molecule has 0 aromatic heterocycles. The molecule has 0 spiro atoms. The van der Waals surface area contributed by atoms with Gasteiger partial charge in [0.05, 0.1) is 6.61 Å². The number of carbonyl (C=O) groups excluding carboxylic acids is 1. The first-order valence-electron chi connectivity index (χ1n) is 7.21. The Balaban J connectivity index is 0.00000441. The Morgan fingerprint density at radius 2 is 1.91 bits per heavy atom. The number of halogens is 1. The highest BCUT2D eigenvalue weighted by atomic mass is 127. The van der Waals surface area contributed by atoms with Crippen molar-refractivity contribution in [1.82, 2.24) is 10.6 Å². The van der Waals surface area contributed by atoms with Crippen molar-refractivity contribution in [3.05, 3.63) is 30.3 Å². The Morgan fingerprint density at radius 1 is 1.18 bits per heavy atom. The molecule has 0 aliphatic rings. The van der Waals surface area contributed by atoms with Gasteiger partial charge in [-0.3, -0.25) is 4.79 Å². The van der Waals surface area contributed by atoms with E-state index in [-0.39, 0.29) is 36.4 Å². The third-order valence-electron chi connectivity index (χ3n) is 2.53. The first-order valence-corrected chi connectivity index (χ1v) is 7.21. The molecule has 0 bridgehead atoms. The summed E-state index contributed by atoms with van der Waals surface area (Å²) in [5.74, 6) is 0.462. The van der Waals surface area contributed by atoms with Crippen LogP contribution in [-0.2, 0) is 9.53 Å². The van der Waals surface area contributed by atoms with Crippen molar-refractivity contribution in [3.63, 3.8) is 0 Å². The van der Waals surface area contributed by atoms with Crippen molar-refractivity contribution in [2.24, 2.45) is 4.99 Å². The van der Waals surface area contributed by atoms with Crippen LogP contribution in [0.4, 0.5) is 5.69 Å². The first-order chi connectivity index (χ1) is 10.3. The predicted octanol–water partition coefficient (Wildman–Crippen LogP) is 1.83. The molecule has 1 aromatic carbocycles. The molecule has 7 heteroatoms. The number of aliphatic imine (C=N–C) groups is 1. The fraction of sp³-hybridized carbons (Fsp3) is 0.467. The molecule has 0 aliphatic carbocycles. The van der Waals surface area contributed by atoms with Crippen LogP contribution in [0.2, 0.25) is 0 Å². The molecule has 1 rings (SSSR count). The molecule has 0 radical (unpaired) electrons. The third kappa shape index (κ3) is 9.56. The molecule has 0 unspecified atom stereocenters. The zero-order valence-electron chi connectivity index (χ0n) is 13.1. The Labute approximate surface area is 149 Å². The molecule has 0 saturated heterocycles. The van der Waals surface area contributed by atoms with Crippen LogP contribution in [0, 0.1) is 0 Å². The van der Waals surface area contributed by atoms with E-state index in [4.69, 9.17) is 4.74 Å². The molecule has 124 valence electrons. The van der Waals surface area contributed by atoms with Crippen LogP contribution in [0.15, 0.2) is 35.3 Å². The first kappa shape index (κ1) is 20.6. The Hall–Kier alpha value is -1.35. The van der Waals surface area contributed by atoms with E-state index in [1.54, 1.807) is 0 Å². The van der Waals surface area contributed by atoms with Gasteiger partial charge < -0.3 is 20.7 Å². The molecule has 1 aromatic rings. The highest BCUT2D eigenvalue weighted by Gasteiger charge is 2.02. The number of guanidine groups is 1. The molecule has 0 saturated carbocycles. The minimum atomic E-state index is -0.150. The van der Waals surface area contributed by atoms with E-state index in [0.29, 0.717) is 25.7 Å². The number of nitrogens with zero attached hydrogens (tertiary/aromatic N) is 1. The number of carbonyl (C=O) groups is 1. The Morgan fingerprint density at radius 3 is 2.55 bits per heavy atom. The predicted molar refractivity (Wildman–Crippen MR) is 101 cm³/mol. The van der Waals surface area contributed by atoms with E-state index >= 15 is 0 Å². The van der Waals surface area contributed by atoms with Crippen molar-refractivity contribution in [2.75, 3.05) is 38.2 Å². The maximum absolute atomic E-state index is 11.8. The van der Waals surface area contributed by atoms with Crippen LogP contribution in [0.3, 0.4) is 0 Å². The summed E-state index contributed by atoms with van der Waals surface area (Å²) in [5, 5.41) is 8.98. The molecule has 0 aliphatic heterocycles. The normalized spacial score (nSPS) is 10.5. The van der Waals surface area contributed by atoms with Crippen LogP contribution in [-0.4, -0.2) is 44.7 Å². The zero-order valence-corrected chi connectivity index (χ0v) is 15.4. The van der Waals surface area contributed by atoms with E-state index < -0.39 is 0 Å². The van der Waals surface area contributed by atoms with Gasteiger partial charge in [-0.25, -0.2) is 4.99 Å². The second kappa shape index (κ2) is 13.3. The van der Waals surface area contributed by atoms with Crippen molar-refractivity contribution in [2.45, 2.75) is 13.8 Å². The number of hydrogen-bond acceptors (Lipinski definition) is 3. The molecule has 0 heterocycles. The number of hydrogen-bond donors (Lipinski definition) is 3. The Kier molecular flexibility index (Phi) is 12.5. The van der Waals surface area contributed by atoms with E-state index in [2.05, 4.69) is 20.9 Å². The summed E-state index contributed by atoms with van der Waals surface area (Å²) in [5.41, 5.74) is 0.770. The van der Waals surface area contributed by atoms with Gasteiger partial charge >= 0.3 is 0 Å². The summed E-state index contributed by atoms with van der Waals surface area (Å²) in [4.78, 5) is 16.0. The molecule has 0 atom stereocenters. The van der Waals surface area contributed by atoms with Crippen molar-refractivity contribution < 1.29 is 9.53 Å². The summed E-state index contributed by atoms with van der Waals surface area (Å²) in [6, 6.07) is 9.33. The zero-order chi connectivity index (χ0) is 15.3. The topological polar surface area (TPSA) is 74.8 Å². The van der Waals surface area contributed by atoms with Gasteiger partial charge in [-0.1, -0.05) is 18.2 Å². The second-order valence-corrected chi connectivity index (χ2v) is 4.23. The number of ether oxygens (including phenoxy) is 1. The van der Waals surface area contributed by atoms with Crippen molar-refractivity contribution >= 4 is 41.5 Å².